The van der Waals surface area contributed by atoms with Crippen LogP contribution in [0.3, 0.4) is 0 Å². The summed E-state index contributed by atoms with van der Waals surface area (Å²) in [5, 5.41) is 9.86. The molecule has 9 heteroatoms. The zero-order valence-electron chi connectivity index (χ0n) is 16.8. The highest BCUT2D eigenvalue weighted by Gasteiger charge is 2.28. The van der Waals surface area contributed by atoms with Gasteiger partial charge in [-0.2, -0.15) is 5.10 Å². The second kappa shape index (κ2) is 8.12. The summed E-state index contributed by atoms with van der Waals surface area (Å²) in [5.74, 6) is 0.538. The number of anilines is 2. The first-order valence-corrected chi connectivity index (χ1v) is 9.48. The molecule has 0 radical (unpaired) electrons. The van der Waals surface area contributed by atoms with Gasteiger partial charge in [0.15, 0.2) is 11.6 Å². The molecule has 8 nitrogen and oxygen atoms in total. The molecule has 0 spiro atoms. The van der Waals surface area contributed by atoms with Gasteiger partial charge in [-0.25, -0.2) is 19.2 Å². The maximum atomic E-state index is 14.3. The normalized spacial score (nSPS) is 17.5. The number of aryl methyl sites for hydroxylation is 1. The van der Waals surface area contributed by atoms with E-state index in [0.29, 0.717) is 37.0 Å². The van der Waals surface area contributed by atoms with Crippen LogP contribution in [0.4, 0.5) is 21.0 Å². The number of piperidine rings is 1. The number of amides is 1. The summed E-state index contributed by atoms with van der Waals surface area (Å²) in [6.45, 7) is 8.60. The van der Waals surface area contributed by atoms with Gasteiger partial charge in [0, 0.05) is 24.8 Å². The quantitative estimate of drug-likeness (QED) is 0.828. The number of carbonyl (C=O) groups excluding carboxylic acids is 1. The summed E-state index contributed by atoms with van der Waals surface area (Å²) in [5.41, 5.74) is 0.698. The van der Waals surface area contributed by atoms with Crippen LogP contribution >= 0.6 is 0 Å². The summed E-state index contributed by atoms with van der Waals surface area (Å²) >= 11 is 0. The fourth-order valence-electron chi connectivity index (χ4n) is 3.20. The van der Waals surface area contributed by atoms with E-state index in [9.17, 15) is 9.18 Å². The third kappa shape index (κ3) is 5.40. The number of aromatic nitrogens is 4. The van der Waals surface area contributed by atoms with Crippen molar-refractivity contribution in [3.63, 3.8) is 0 Å². The topological polar surface area (TPSA) is 96.0 Å². The van der Waals surface area contributed by atoms with Crippen LogP contribution in [-0.4, -0.2) is 49.8 Å². The first-order valence-electron chi connectivity index (χ1n) is 9.48. The van der Waals surface area contributed by atoms with Crippen LogP contribution in [0, 0.1) is 18.7 Å². The number of hydrogen-bond acceptors (Lipinski definition) is 6. The smallest absolute Gasteiger partial charge is 0.410 e. The number of rotatable bonds is 4. The van der Waals surface area contributed by atoms with Crippen molar-refractivity contribution in [2.45, 2.75) is 52.6 Å². The largest absolute Gasteiger partial charge is 0.444 e. The van der Waals surface area contributed by atoms with Crippen molar-refractivity contribution in [2.75, 3.05) is 18.4 Å². The van der Waals surface area contributed by atoms with Crippen molar-refractivity contribution < 1.29 is 13.9 Å². The number of nitrogens with one attached hydrogen (secondary N) is 2. The Morgan fingerprint density at radius 2 is 2.25 bits per heavy atom. The zero-order chi connectivity index (χ0) is 20.3. The molecule has 0 unspecified atom stereocenters. The van der Waals surface area contributed by atoms with Crippen molar-refractivity contribution in [2.24, 2.45) is 5.92 Å². The van der Waals surface area contributed by atoms with Crippen molar-refractivity contribution >= 4 is 17.9 Å². The lowest BCUT2D eigenvalue weighted by molar-refractivity contribution is 0.0165. The molecule has 1 amide bonds. The molecule has 0 bridgehead atoms. The maximum Gasteiger partial charge on any atom is 0.410 e. The lowest BCUT2D eigenvalue weighted by atomic mass is 9.93. The number of H-pyrrole nitrogens is 1. The number of hydrogen-bond donors (Lipinski definition) is 2. The lowest BCUT2D eigenvalue weighted by Crippen LogP contribution is -2.43. The minimum atomic E-state index is -0.534. The number of ether oxygens (including phenoxy) is 1. The highest BCUT2D eigenvalue weighted by molar-refractivity contribution is 5.68. The summed E-state index contributed by atoms with van der Waals surface area (Å²) in [6.07, 6.45) is 3.04. The van der Waals surface area contributed by atoms with E-state index >= 15 is 0 Å². The lowest BCUT2D eigenvalue weighted by Gasteiger charge is -2.34. The van der Waals surface area contributed by atoms with Gasteiger partial charge in [-0.3, -0.25) is 5.10 Å². The van der Waals surface area contributed by atoms with Crippen LogP contribution in [0.5, 0.6) is 0 Å². The third-order valence-electron chi connectivity index (χ3n) is 4.42. The van der Waals surface area contributed by atoms with Crippen molar-refractivity contribution in [1.82, 2.24) is 25.1 Å². The van der Waals surface area contributed by atoms with Crippen molar-refractivity contribution in [1.29, 1.82) is 0 Å². The average Bonchev–Trinajstić information content (AvgIpc) is 3.01. The van der Waals surface area contributed by atoms with Crippen molar-refractivity contribution in [3.05, 3.63) is 29.5 Å². The first kappa shape index (κ1) is 20.0. The highest BCUT2D eigenvalue weighted by Crippen LogP contribution is 2.23. The molecular weight excluding hydrogens is 363 g/mol. The van der Waals surface area contributed by atoms with Gasteiger partial charge in [-0.15, -0.1) is 0 Å². The van der Waals surface area contributed by atoms with Gasteiger partial charge < -0.3 is 15.0 Å². The summed E-state index contributed by atoms with van der Waals surface area (Å²) in [7, 11) is 0. The molecule has 0 saturated carbocycles. The predicted molar refractivity (Wildman–Crippen MR) is 103 cm³/mol. The molecule has 2 aromatic rings. The molecular formula is C19H27FN6O2. The molecule has 152 valence electrons. The second-order valence-electron chi connectivity index (χ2n) is 8.19. The minimum absolute atomic E-state index is 0.117. The molecule has 0 aliphatic carbocycles. The molecule has 1 saturated heterocycles. The van der Waals surface area contributed by atoms with Crippen LogP contribution in [0.1, 0.15) is 45.0 Å². The van der Waals surface area contributed by atoms with Gasteiger partial charge in [0.1, 0.15) is 5.60 Å². The maximum absolute atomic E-state index is 14.3. The van der Waals surface area contributed by atoms with Crippen molar-refractivity contribution in [3.8, 4) is 0 Å². The molecule has 3 rings (SSSR count). The molecule has 3 heterocycles. The van der Waals surface area contributed by atoms with E-state index < -0.39 is 11.4 Å². The van der Waals surface area contributed by atoms with Gasteiger partial charge in [0.25, 0.3) is 0 Å². The molecule has 28 heavy (non-hydrogen) atoms. The summed E-state index contributed by atoms with van der Waals surface area (Å²) < 4.78 is 19.7. The molecule has 1 atom stereocenters. The van der Waals surface area contributed by atoms with Crippen LogP contribution < -0.4 is 5.32 Å². The SMILES string of the molecule is Cc1cc(Nc2ncc(F)c(C[C@@H]3CCCN(C(=O)OC(C)(C)C)C3)n2)n[nH]1. The number of halogens is 1. The monoisotopic (exact) mass is 390 g/mol. The number of aromatic amines is 1. The van der Waals surface area contributed by atoms with E-state index in [1.807, 2.05) is 33.8 Å². The Kier molecular flexibility index (Phi) is 5.81. The van der Waals surface area contributed by atoms with Gasteiger partial charge in [0.2, 0.25) is 5.95 Å². The Hall–Kier alpha value is -2.71. The highest BCUT2D eigenvalue weighted by atomic mass is 19.1. The van der Waals surface area contributed by atoms with Gasteiger partial charge in [-0.05, 0) is 52.9 Å². The van der Waals surface area contributed by atoms with E-state index in [-0.39, 0.29) is 12.0 Å². The molecule has 2 aromatic heterocycles. The summed E-state index contributed by atoms with van der Waals surface area (Å²) in [6, 6.07) is 1.81. The fraction of sp³-hybridized carbons (Fsp3) is 0.579. The fourth-order valence-corrected chi connectivity index (χ4v) is 3.20. The molecule has 2 N–H and O–H groups in total. The van der Waals surface area contributed by atoms with Crippen LogP contribution in [0.2, 0.25) is 0 Å². The summed E-state index contributed by atoms with van der Waals surface area (Å²) in [4.78, 5) is 22.3. The van der Waals surface area contributed by atoms with Gasteiger partial charge >= 0.3 is 6.09 Å². The standard InChI is InChI=1S/C19H27FN6O2/c1-12-8-16(25-24-12)23-17-21-10-14(20)15(22-17)9-13-6-5-7-26(11-13)18(27)28-19(2,3)4/h8,10,13H,5-7,9,11H2,1-4H3,(H2,21,22,23,24,25)/t13-/m0/s1. The number of nitrogens with zero attached hydrogens (tertiary/aromatic N) is 4. The Bertz CT molecular complexity index is 832. The molecule has 1 fully saturated rings. The Morgan fingerprint density at radius 3 is 2.93 bits per heavy atom. The van der Waals surface area contributed by atoms with E-state index in [0.717, 1.165) is 18.5 Å². The number of carbonyl (C=O) groups is 1. The predicted octanol–water partition coefficient (Wildman–Crippen LogP) is 3.58. The van der Waals surface area contributed by atoms with Crippen LogP contribution in [0.25, 0.3) is 0 Å². The Balaban J connectivity index is 1.65. The van der Waals surface area contributed by atoms with E-state index in [2.05, 4.69) is 25.5 Å². The van der Waals surface area contributed by atoms with Gasteiger partial charge in [-0.1, -0.05) is 0 Å². The Labute approximate surface area is 163 Å². The van der Waals surface area contributed by atoms with E-state index in [4.69, 9.17) is 4.74 Å². The van der Waals surface area contributed by atoms with Gasteiger partial charge in [0.05, 0.1) is 11.9 Å². The Morgan fingerprint density at radius 1 is 1.46 bits per heavy atom. The van der Waals surface area contributed by atoms with E-state index in [1.165, 1.54) is 6.20 Å². The first-order chi connectivity index (χ1) is 13.2. The van der Waals surface area contributed by atoms with Crippen LogP contribution in [-0.2, 0) is 11.2 Å². The second-order valence-corrected chi connectivity index (χ2v) is 8.19. The van der Waals surface area contributed by atoms with E-state index in [1.54, 1.807) is 4.90 Å². The minimum Gasteiger partial charge on any atom is -0.444 e. The zero-order valence-corrected chi connectivity index (χ0v) is 16.8. The number of likely N-dealkylation sites (tertiary alicyclic amines) is 1. The average molecular weight is 390 g/mol. The third-order valence-corrected chi connectivity index (χ3v) is 4.42. The van der Waals surface area contributed by atoms with Crippen LogP contribution in [0.15, 0.2) is 12.3 Å². The molecule has 1 aliphatic heterocycles. The molecule has 1 aliphatic rings. The molecule has 0 aromatic carbocycles.